The van der Waals surface area contributed by atoms with Crippen LogP contribution in [-0.4, -0.2) is 48.6 Å². The highest BCUT2D eigenvalue weighted by molar-refractivity contribution is 8.15. The molecular formula is C25H24FN7O3S. The van der Waals surface area contributed by atoms with Crippen molar-refractivity contribution in [2.75, 3.05) is 13.7 Å². The molecule has 1 aliphatic carbocycles. The number of aromatic nitrogens is 5. The van der Waals surface area contributed by atoms with Gasteiger partial charge in [-0.1, -0.05) is 11.8 Å². The maximum atomic E-state index is 15.1. The molecular weight excluding hydrogens is 497 g/mol. The van der Waals surface area contributed by atoms with Crippen LogP contribution in [-0.2, 0) is 23.3 Å². The van der Waals surface area contributed by atoms with Gasteiger partial charge in [-0.25, -0.2) is 19.9 Å². The number of nitrogens with zero attached hydrogens (tertiary/aromatic N) is 6. The molecule has 0 amide bonds. The predicted molar refractivity (Wildman–Crippen MR) is 134 cm³/mol. The molecule has 4 aromatic heterocycles. The van der Waals surface area contributed by atoms with Crippen molar-refractivity contribution in [2.24, 2.45) is 16.6 Å². The van der Waals surface area contributed by atoms with Crippen LogP contribution in [0.5, 0.6) is 5.88 Å². The second kappa shape index (κ2) is 9.03. The Labute approximate surface area is 216 Å². The number of methoxy groups -OCH3 is 1. The fourth-order valence-electron chi connectivity index (χ4n) is 5.11. The first-order valence-electron chi connectivity index (χ1n) is 11.7. The summed E-state index contributed by atoms with van der Waals surface area (Å²) in [5.41, 5.74) is 8.50. The van der Waals surface area contributed by atoms with Crippen LogP contribution in [0.4, 0.5) is 4.39 Å². The van der Waals surface area contributed by atoms with Gasteiger partial charge in [0.05, 0.1) is 40.5 Å². The SMILES string of the molecule is COC[C@]12C[C@H]1[C@@](C)(c1cc(Cc3nccc4nc(OCc5ncco5)cnc34)cnc1F)N=C(N)S2. The molecule has 1 aliphatic heterocycles. The summed E-state index contributed by atoms with van der Waals surface area (Å²) in [7, 11) is 1.66. The van der Waals surface area contributed by atoms with Gasteiger partial charge < -0.3 is 19.6 Å². The van der Waals surface area contributed by atoms with E-state index in [2.05, 4.69) is 24.9 Å². The van der Waals surface area contributed by atoms with Gasteiger partial charge in [0, 0.05) is 37.4 Å². The average molecular weight is 522 g/mol. The largest absolute Gasteiger partial charge is 0.467 e. The van der Waals surface area contributed by atoms with Gasteiger partial charge in [0.2, 0.25) is 17.7 Å². The lowest BCUT2D eigenvalue weighted by molar-refractivity contribution is 0.184. The van der Waals surface area contributed by atoms with Crippen LogP contribution in [0.1, 0.15) is 36.1 Å². The van der Waals surface area contributed by atoms with Gasteiger partial charge in [0.1, 0.15) is 11.8 Å². The second-order valence-corrected chi connectivity index (χ2v) is 10.8. The van der Waals surface area contributed by atoms with E-state index in [1.807, 2.05) is 13.0 Å². The van der Waals surface area contributed by atoms with Crippen LogP contribution in [0.15, 0.2) is 52.6 Å². The highest BCUT2D eigenvalue weighted by Gasteiger charge is 2.66. The Balaban J connectivity index is 1.28. The fraction of sp³-hybridized carbons (Fsp3) is 0.360. The van der Waals surface area contributed by atoms with E-state index in [1.165, 1.54) is 30.4 Å². The Kier molecular flexibility index (Phi) is 5.80. The minimum absolute atomic E-state index is 0.0974. The fourth-order valence-corrected chi connectivity index (χ4v) is 6.56. The first-order valence-corrected chi connectivity index (χ1v) is 12.5. The Bertz CT molecular complexity index is 1500. The smallest absolute Gasteiger partial charge is 0.233 e. The molecule has 5 heterocycles. The Hall–Kier alpha value is -3.64. The molecule has 6 rings (SSSR count). The van der Waals surface area contributed by atoms with Crippen molar-refractivity contribution in [2.45, 2.75) is 36.7 Å². The zero-order chi connectivity index (χ0) is 25.6. The summed E-state index contributed by atoms with van der Waals surface area (Å²) in [6.07, 6.45) is 8.98. The molecule has 3 atom stereocenters. The first kappa shape index (κ1) is 23.7. The molecule has 2 aliphatic rings. The molecule has 190 valence electrons. The maximum Gasteiger partial charge on any atom is 0.233 e. The maximum absolute atomic E-state index is 15.1. The van der Waals surface area contributed by atoms with Crippen LogP contribution < -0.4 is 10.5 Å². The topological polar surface area (TPSA) is 134 Å². The Morgan fingerprint density at radius 1 is 1.22 bits per heavy atom. The Morgan fingerprint density at radius 3 is 2.92 bits per heavy atom. The van der Waals surface area contributed by atoms with Gasteiger partial charge in [0.15, 0.2) is 11.8 Å². The molecule has 0 aromatic carbocycles. The van der Waals surface area contributed by atoms with Crippen LogP contribution in [0, 0.1) is 11.9 Å². The van der Waals surface area contributed by atoms with Crippen LogP contribution in [0.3, 0.4) is 0 Å². The van der Waals surface area contributed by atoms with E-state index in [0.717, 1.165) is 12.0 Å². The second-order valence-electron chi connectivity index (χ2n) is 9.36. The van der Waals surface area contributed by atoms with E-state index in [4.69, 9.17) is 24.6 Å². The van der Waals surface area contributed by atoms with E-state index in [-0.39, 0.29) is 17.3 Å². The predicted octanol–water partition coefficient (Wildman–Crippen LogP) is 3.40. The zero-order valence-electron chi connectivity index (χ0n) is 20.2. The van der Waals surface area contributed by atoms with Crippen molar-refractivity contribution >= 4 is 28.0 Å². The van der Waals surface area contributed by atoms with E-state index in [9.17, 15) is 0 Å². The van der Waals surface area contributed by atoms with Crippen LogP contribution in [0.25, 0.3) is 11.0 Å². The first-order chi connectivity index (χ1) is 17.9. The molecule has 12 heteroatoms. The number of hydrogen-bond acceptors (Lipinski definition) is 11. The normalized spacial score (nSPS) is 24.5. The van der Waals surface area contributed by atoms with Crippen molar-refractivity contribution in [3.05, 3.63) is 71.8 Å². The number of rotatable bonds is 8. The van der Waals surface area contributed by atoms with Crippen molar-refractivity contribution in [1.29, 1.82) is 0 Å². The number of nitrogens with two attached hydrogens (primary N) is 1. The van der Waals surface area contributed by atoms with Crippen molar-refractivity contribution in [1.82, 2.24) is 24.9 Å². The number of thioether (sulfide) groups is 1. The summed E-state index contributed by atoms with van der Waals surface area (Å²) in [6, 6.07) is 3.58. The Morgan fingerprint density at radius 2 is 2.11 bits per heavy atom. The monoisotopic (exact) mass is 521 g/mol. The number of amidine groups is 1. The minimum Gasteiger partial charge on any atom is -0.467 e. The van der Waals surface area contributed by atoms with Gasteiger partial charge in [-0.3, -0.25) is 9.98 Å². The molecule has 0 saturated heterocycles. The van der Waals surface area contributed by atoms with E-state index < -0.39 is 11.5 Å². The number of oxazole rings is 1. The molecule has 4 aromatic rings. The number of aliphatic imine (C=N–C) groups is 1. The van der Waals surface area contributed by atoms with Crippen molar-refractivity contribution in [3.63, 3.8) is 0 Å². The van der Waals surface area contributed by atoms with Gasteiger partial charge >= 0.3 is 0 Å². The molecule has 0 radical (unpaired) electrons. The lowest BCUT2D eigenvalue weighted by Gasteiger charge is -2.34. The lowest BCUT2D eigenvalue weighted by Crippen LogP contribution is -2.38. The summed E-state index contributed by atoms with van der Waals surface area (Å²) in [5.74, 6) is 0.335. The van der Waals surface area contributed by atoms with Crippen molar-refractivity contribution < 1.29 is 18.3 Å². The standard InChI is InChI=1S/C25H24FN7O3S/c1-24(18-9-25(18,13-34-2)37-23(27)33-24)15-7-14(10-31-22(15)26)8-17-21-16(3-4-28-17)32-19(11-30-21)36-12-20-29-5-6-35-20/h3-7,10-11,18H,8-9,12-13H2,1-2H3,(H2,27,33)/t18-,24+,25+/m0/s1. The molecule has 0 unspecified atom stereocenters. The molecule has 37 heavy (non-hydrogen) atoms. The van der Waals surface area contributed by atoms with Gasteiger partial charge in [-0.05, 0) is 31.0 Å². The number of ether oxygens (including phenoxy) is 2. The van der Waals surface area contributed by atoms with Crippen LogP contribution in [0.2, 0.25) is 0 Å². The van der Waals surface area contributed by atoms with Gasteiger partial charge in [0.25, 0.3) is 0 Å². The third-order valence-corrected chi connectivity index (χ3v) is 8.17. The molecule has 0 bridgehead atoms. The summed E-state index contributed by atoms with van der Waals surface area (Å²) in [4.78, 5) is 26.4. The number of pyridine rings is 2. The molecule has 10 nitrogen and oxygen atoms in total. The third-order valence-electron chi connectivity index (χ3n) is 6.90. The minimum atomic E-state index is -0.831. The number of halogens is 1. The van der Waals surface area contributed by atoms with Crippen molar-refractivity contribution in [3.8, 4) is 5.88 Å². The van der Waals surface area contributed by atoms with Crippen LogP contribution >= 0.6 is 11.8 Å². The third kappa shape index (κ3) is 4.29. The van der Waals surface area contributed by atoms with E-state index in [1.54, 1.807) is 25.6 Å². The quantitative estimate of drug-likeness (QED) is 0.344. The lowest BCUT2D eigenvalue weighted by atomic mass is 9.86. The van der Waals surface area contributed by atoms with E-state index >= 15 is 4.39 Å². The highest BCUT2D eigenvalue weighted by atomic mass is 32.2. The average Bonchev–Trinajstić information content (AvgIpc) is 3.36. The van der Waals surface area contributed by atoms with Gasteiger partial charge in [-0.15, -0.1) is 0 Å². The molecule has 1 saturated carbocycles. The summed E-state index contributed by atoms with van der Waals surface area (Å²) in [5, 5.41) is 0.435. The molecule has 2 N–H and O–H groups in total. The molecule has 1 fully saturated rings. The summed E-state index contributed by atoms with van der Waals surface area (Å²) < 4.78 is 31.2. The number of hydrogen-bond donors (Lipinski definition) is 1. The van der Waals surface area contributed by atoms with Gasteiger partial charge in [-0.2, -0.15) is 4.39 Å². The molecule has 0 spiro atoms. The summed E-state index contributed by atoms with van der Waals surface area (Å²) >= 11 is 1.52. The number of fused-ring (bicyclic) bond motifs is 2. The zero-order valence-corrected chi connectivity index (χ0v) is 21.0. The van der Waals surface area contributed by atoms with E-state index in [0.29, 0.717) is 52.3 Å². The summed E-state index contributed by atoms with van der Waals surface area (Å²) in [6.45, 7) is 2.60. The highest BCUT2D eigenvalue weighted by Crippen LogP contribution is 2.65.